The summed E-state index contributed by atoms with van der Waals surface area (Å²) in [7, 11) is 0. The fourth-order valence-corrected chi connectivity index (χ4v) is 19.7. The van der Waals surface area contributed by atoms with E-state index in [1.807, 2.05) is 6.92 Å². The molecule has 2 saturated heterocycles. The van der Waals surface area contributed by atoms with Gasteiger partial charge in [0.05, 0.1) is 54.6 Å². The fourth-order valence-electron chi connectivity index (χ4n) is 19.7. The lowest BCUT2D eigenvalue weighted by atomic mass is 9.29. The van der Waals surface area contributed by atoms with Gasteiger partial charge < -0.3 is 76.7 Å². The number of aromatic nitrogens is 4. The molecule has 416 valence electrons. The Labute approximate surface area is 439 Å². The molecule has 11 rings (SSSR count). The van der Waals surface area contributed by atoms with E-state index in [1.165, 1.54) is 0 Å². The Hall–Kier alpha value is -3.50. The number of fused-ring (bicyclic) bond motifs is 11. The first kappa shape index (κ1) is 53.5. The number of nitrogens with zero attached hydrogens (tertiary/aromatic N) is 2. The number of rotatable bonds is 12. The molecule has 5 saturated carbocycles. The van der Waals surface area contributed by atoms with Gasteiger partial charge in [0.15, 0.2) is 6.29 Å². The van der Waals surface area contributed by atoms with Gasteiger partial charge in [-0.2, -0.15) is 0 Å². The zero-order valence-corrected chi connectivity index (χ0v) is 44.5. The number of aliphatic hydroxyl groups excluding tert-OH is 7. The van der Waals surface area contributed by atoms with Crippen molar-refractivity contribution in [3.8, 4) is 0 Å². The number of hydrogen-bond acceptors (Lipinski definition) is 15. The van der Waals surface area contributed by atoms with Crippen molar-refractivity contribution in [2.75, 3.05) is 31.7 Å². The van der Waals surface area contributed by atoms with Gasteiger partial charge in [-0.15, -0.1) is 0 Å². The van der Waals surface area contributed by atoms with Gasteiger partial charge in [0.25, 0.3) is 0 Å². The summed E-state index contributed by atoms with van der Waals surface area (Å²) < 4.78 is 12.7. The standard InChI is InChI=1S/C56H85N7O12/c1-50(24-64)16-17-56(49(72)73)33(20-50)29-9-10-39-52(3,54(29,5)30-19-35-46(62-27-61-35)59-21-34(30)56)15-12-38-51(2,25-65)45(75-47-44(70)43(69)37(66)23-74-47)42(68)32(53(38,39)4)18-31-41(63-48(71)55(31)13-6-7-14-55)28(8-11-40(57)67)36-22-58-26-60-36/h9,22,26-28,30-34,37-45,47,59,64-70H,6-8,10-21,23-25,57H2,1-5H3,(H,58,60)(H,61,62)(H,63,71)(H,72,73). The van der Waals surface area contributed by atoms with Gasteiger partial charge in [0.1, 0.15) is 30.4 Å². The zero-order chi connectivity index (χ0) is 53.4. The van der Waals surface area contributed by atoms with Crippen LogP contribution in [-0.4, -0.2) is 148 Å². The molecule has 1 amide bonds. The summed E-state index contributed by atoms with van der Waals surface area (Å²) >= 11 is 0. The van der Waals surface area contributed by atoms with E-state index in [2.05, 4.69) is 64.3 Å². The van der Waals surface area contributed by atoms with Crippen molar-refractivity contribution < 1.29 is 59.9 Å². The van der Waals surface area contributed by atoms with E-state index in [0.29, 0.717) is 77.2 Å². The highest BCUT2D eigenvalue weighted by Gasteiger charge is 2.77. The van der Waals surface area contributed by atoms with Crippen LogP contribution in [0.4, 0.5) is 5.82 Å². The summed E-state index contributed by atoms with van der Waals surface area (Å²) in [5.41, 5.74) is 3.44. The van der Waals surface area contributed by atoms with E-state index in [1.54, 1.807) is 18.9 Å². The minimum atomic E-state index is -1.66. The number of H-pyrrole nitrogens is 2. The third kappa shape index (κ3) is 7.54. The molecule has 9 aliphatic rings. The average molecular weight is 1050 g/mol. The van der Waals surface area contributed by atoms with Gasteiger partial charge in [-0.1, -0.05) is 59.1 Å². The Kier molecular flexibility index (Phi) is 13.4. The minimum absolute atomic E-state index is 0.0250. The number of nitrogens with one attached hydrogen (secondary N) is 4. The highest BCUT2D eigenvalue weighted by atomic mass is 16.7. The monoisotopic (exact) mass is 1050 g/mol. The Bertz CT molecular complexity index is 2490. The van der Waals surface area contributed by atoms with Crippen molar-refractivity contribution in [2.24, 2.45) is 85.1 Å². The predicted molar refractivity (Wildman–Crippen MR) is 273 cm³/mol. The first-order valence-electron chi connectivity index (χ1n) is 28.2. The van der Waals surface area contributed by atoms with Gasteiger partial charge in [0, 0.05) is 42.4 Å². The molecule has 2 aromatic rings. The van der Waals surface area contributed by atoms with E-state index in [0.717, 1.165) is 35.6 Å². The molecule has 14 N–H and O–H groups in total. The zero-order valence-electron chi connectivity index (χ0n) is 44.5. The van der Waals surface area contributed by atoms with Crippen LogP contribution in [-0.2, 0) is 25.5 Å². The minimum Gasteiger partial charge on any atom is -0.481 e. The van der Waals surface area contributed by atoms with Gasteiger partial charge in [-0.25, -0.2) is 9.97 Å². The third-order valence-corrected chi connectivity index (χ3v) is 23.8. The molecule has 22 atom stereocenters. The topological polar surface area (TPSA) is 322 Å². The second-order valence-corrected chi connectivity index (χ2v) is 26.7. The summed E-state index contributed by atoms with van der Waals surface area (Å²) in [6.07, 6.45) is 5.96. The quantitative estimate of drug-likeness (QED) is 0.0824. The van der Waals surface area contributed by atoms with Crippen LogP contribution in [0.1, 0.15) is 135 Å². The molecule has 6 aliphatic carbocycles. The number of carbonyl (C=O) groups is 2. The van der Waals surface area contributed by atoms with Crippen molar-refractivity contribution in [2.45, 2.75) is 180 Å². The van der Waals surface area contributed by atoms with Crippen molar-refractivity contribution in [1.29, 1.82) is 0 Å². The lowest BCUT2D eigenvalue weighted by Gasteiger charge is -2.75. The smallest absolute Gasteiger partial charge is 0.310 e. The lowest BCUT2D eigenvalue weighted by Crippen LogP contribution is -2.74. The fraction of sp³-hybridized carbons (Fsp3) is 0.821. The maximum atomic E-state index is 15.0. The van der Waals surface area contributed by atoms with Crippen LogP contribution in [0.25, 0.3) is 0 Å². The summed E-state index contributed by atoms with van der Waals surface area (Å²) in [5.74, 6) is -2.69. The number of amides is 1. The number of ether oxygens (including phenoxy) is 2. The predicted octanol–water partition coefficient (Wildman–Crippen LogP) is 3.31. The number of hydrogen-bond donors (Lipinski definition) is 13. The molecule has 0 aromatic carbocycles. The Morgan fingerprint density at radius 3 is 2.36 bits per heavy atom. The normalized spacial score (nSPS) is 47.6. The molecular weight excluding hydrogens is 963 g/mol. The second-order valence-electron chi connectivity index (χ2n) is 26.7. The van der Waals surface area contributed by atoms with E-state index >= 15 is 0 Å². The number of carboxylic acids is 1. The van der Waals surface area contributed by atoms with Crippen LogP contribution in [0.15, 0.2) is 30.5 Å². The molecule has 5 heterocycles. The number of nitrogens with two attached hydrogens (primary N) is 1. The number of aliphatic hydroxyl groups is 7. The molecule has 22 unspecified atom stereocenters. The third-order valence-electron chi connectivity index (χ3n) is 23.8. The Morgan fingerprint density at radius 1 is 0.920 bits per heavy atom. The maximum absolute atomic E-state index is 15.0. The SMILES string of the molecule is CC1(CO)CCC2(C(=O)O)C(C1)C1=CCC3C4(C)C(CC5C(C(CCC(N)O)c6cnc[nH]6)NC(=O)C56CCCC6)C(O)C(OC5OCC(O)C(O)C5O)C(C)(CO)C4CCC3(C)C1(C)C1Cc3[nH]cnc3NCC12. The van der Waals surface area contributed by atoms with Crippen molar-refractivity contribution in [3.05, 3.63) is 41.9 Å². The molecule has 2 aromatic heterocycles. The van der Waals surface area contributed by atoms with Crippen LogP contribution in [0.5, 0.6) is 0 Å². The van der Waals surface area contributed by atoms with Crippen LogP contribution in [0.3, 0.4) is 0 Å². The molecule has 19 nitrogen and oxygen atoms in total. The van der Waals surface area contributed by atoms with Crippen LogP contribution < -0.4 is 16.4 Å². The van der Waals surface area contributed by atoms with E-state index in [9.17, 15) is 50.4 Å². The highest BCUT2D eigenvalue weighted by Crippen LogP contribution is 2.79. The Morgan fingerprint density at radius 2 is 1.68 bits per heavy atom. The van der Waals surface area contributed by atoms with Gasteiger partial charge in [0.2, 0.25) is 5.91 Å². The number of carbonyl (C=O) groups excluding carboxylic acids is 1. The summed E-state index contributed by atoms with van der Waals surface area (Å²) in [6, 6.07) is -0.447. The second kappa shape index (κ2) is 18.8. The number of carboxylic acid groups (broad SMARTS) is 1. The number of aliphatic carboxylic acids is 1. The van der Waals surface area contributed by atoms with E-state index < -0.39 is 105 Å². The Balaban J connectivity index is 1.09. The first-order chi connectivity index (χ1) is 35.6. The molecule has 7 fully saturated rings. The molecular formula is C56H85N7O12. The number of anilines is 1. The molecule has 19 heteroatoms. The van der Waals surface area contributed by atoms with E-state index in [-0.39, 0.29) is 67.0 Å². The highest BCUT2D eigenvalue weighted by molar-refractivity contribution is 5.86. The van der Waals surface area contributed by atoms with Crippen LogP contribution in [0, 0.1) is 79.3 Å². The summed E-state index contributed by atoms with van der Waals surface area (Å²) in [6.45, 7) is 10.8. The van der Waals surface area contributed by atoms with Crippen LogP contribution >= 0.6 is 0 Å². The molecule has 0 radical (unpaired) electrons. The number of imidazole rings is 2. The van der Waals surface area contributed by atoms with Gasteiger partial charge in [-0.05, 0) is 140 Å². The first-order valence-corrected chi connectivity index (χ1v) is 28.2. The van der Waals surface area contributed by atoms with Crippen molar-refractivity contribution in [1.82, 2.24) is 25.3 Å². The van der Waals surface area contributed by atoms with Crippen molar-refractivity contribution in [3.63, 3.8) is 0 Å². The average Bonchev–Trinajstić information content (AvgIpc) is 4.28. The van der Waals surface area contributed by atoms with Gasteiger partial charge in [-0.3, -0.25) is 9.59 Å². The lowest BCUT2D eigenvalue weighted by molar-refractivity contribution is -0.341. The molecule has 0 bridgehead atoms. The molecule has 1 spiro atoms. The van der Waals surface area contributed by atoms with E-state index in [4.69, 9.17) is 15.2 Å². The maximum Gasteiger partial charge on any atom is 0.310 e. The van der Waals surface area contributed by atoms with Crippen LogP contribution in [0.2, 0.25) is 0 Å². The summed E-state index contributed by atoms with van der Waals surface area (Å²) in [4.78, 5) is 45.2. The summed E-state index contributed by atoms with van der Waals surface area (Å²) in [5, 5.41) is 99.1. The number of allylic oxidation sites excluding steroid dienone is 2. The number of aromatic amines is 2. The van der Waals surface area contributed by atoms with Gasteiger partial charge >= 0.3 is 5.97 Å². The largest absolute Gasteiger partial charge is 0.481 e. The van der Waals surface area contributed by atoms with Crippen molar-refractivity contribution >= 4 is 17.7 Å². The molecule has 3 aliphatic heterocycles. The molecule has 75 heavy (non-hydrogen) atoms.